The first-order valence-corrected chi connectivity index (χ1v) is 6.22. The first kappa shape index (κ1) is 13.1. The van der Waals surface area contributed by atoms with Crippen molar-refractivity contribution >= 4 is 23.3 Å². The van der Waals surface area contributed by atoms with Gasteiger partial charge in [-0.05, 0) is 18.9 Å². The van der Waals surface area contributed by atoms with Crippen molar-refractivity contribution in [3.63, 3.8) is 0 Å². The van der Waals surface area contributed by atoms with Gasteiger partial charge < -0.3 is 15.4 Å². The zero-order valence-electron chi connectivity index (χ0n) is 10.2. The maximum Gasteiger partial charge on any atom is 0.257 e. The van der Waals surface area contributed by atoms with E-state index in [1.54, 1.807) is 18.1 Å². The summed E-state index contributed by atoms with van der Waals surface area (Å²) in [5.74, 6) is 0.0921. The van der Waals surface area contributed by atoms with Crippen LogP contribution in [-0.2, 0) is 4.74 Å². The van der Waals surface area contributed by atoms with Crippen molar-refractivity contribution in [2.24, 2.45) is 0 Å². The summed E-state index contributed by atoms with van der Waals surface area (Å²) in [6, 6.07) is 1.68. The molecule has 1 atom stereocenters. The summed E-state index contributed by atoms with van der Waals surface area (Å²) in [6.45, 7) is 1.26. The fraction of sp³-hybridized carbons (Fsp3) is 0.500. The number of anilines is 1. The van der Waals surface area contributed by atoms with E-state index in [1.165, 1.54) is 6.20 Å². The number of nitrogens with two attached hydrogens (primary N) is 1. The van der Waals surface area contributed by atoms with E-state index in [0.717, 1.165) is 19.4 Å². The first-order chi connectivity index (χ1) is 8.63. The van der Waals surface area contributed by atoms with Crippen LogP contribution < -0.4 is 5.73 Å². The lowest BCUT2D eigenvalue weighted by Gasteiger charge is -2.24. The Morgan fingerprint density at radius 1 is 1.72 bits per heavy atom. The summed E-state index contributed by atoms with van der Waals surface area (Å²) in [4.78, 5) is 18.1. The number of nitrogen functional groups attached to an aromatic ring is 1. The maximum absolute atomic E-state index is 12.4. The van der Waals surface area contributed by atoms with E-state index in [9.17, 15) is 4.79 Å². The van der Waals surface area contributed by atoms with Crippen molar-refractivity contribution in [2.45, 2.75) is 18.9 Å². The number of carbonyl (C=O) groups excluding carboxylic acids is 1. The molecule has 1 fully saturated rings. The summed E-state index contributed by atoms with van der Waals surface area (Å²) in [6.07, 6.45) is 3.37. The number of pyridine rings is 1. The van der Waals surface area contributed by atoms with Crippen molar-refractivity contribution in [3.8, 4) is 0 Å². The van der Waals surface area contributed by atoms with Gasteiger partial charge in [-0.25, -0.2) is 4.98 Å². The van der Waals surface area contributed by atoms with E-state index >= 15 is 0 Å². The Morgan fingerprint density at radius 2 is 2.50 bits per heavy atom. The smallest absolute Gasteiger partial charge is 0.257 e. The molecule has 0 unspecified atom stereocenters. The predicted octanol–water partition coefficient (Wildman–Crippen LogP) is 1.57. The standard InChI is InChI=1S/C12H16ClN3O2/c1-18-7-9-3-2-4-16(9)12(17)10-5-8(13)6-15-11(10)14/h5-6,9H,2-4,7H2,1H3,(H2,14,15)/t9-/m0/s1. The highest BCUT2D eigenvalue weighted by Crippen LogP contribution is 2.23. The lowest BCUT2D eigenvalue weighted by atomic mass is 10.2. The maximum atomic E-state index is 12.4. The fourth-order valence-corrected chi connectivity index (χ4v) is 2.40. The highest BCUT2D eigenvalue weighted by molar-refractivity contribution is 6.31. The van der Waals surface area contributed by atoms with Crippen molar-refractivity contribution < 1.29 is 9.53 Å². The van der Waals surface area contributed by atoms with Gasteiger partial charge in [0.15, 0.2) is 0 Å². The molecular formula is C12H16ClN3O2. The largest absolute Gasteiger partial charge is 0.383 e. The van der Waals surface area contributed by atoms with Gasteiger partial charge >= 0.3 is 0 Å². The minimum Gasteiger partial charge on any atom is -0.383 e. The number of aromatic nitrogens is 1. The van der Waals surface area contributed by atoms with E-state index in [0.29, 0.717) is 17.2 Å². The number of likely N-dealkylation sites (tertiary alicyclic amines) is 1. The van der Waals surface area contributed by atoms with Gasteiger partial charge in [-0.3, -0.25) is 4.79 Å². The van der Waals surface area contributed by atoms with E-state index in [4.69, 9.17) is 22.1 Å². The molecule has 0 aromatic carbocycles. The fourth-order valence-electron chi connectivity index (χ4n) is 2.24. The number of carbonyl (C=O) groups is 1. The number of hydrogen-bond acceptors (Lipinski definition) is 4. The second kappa shape index (κ2) is 5.54. The van der Waals surface area contributed by atoms with Crippen LogP contribution in [0.2, 0.25) is 5.02 Å². The molecule has 1 aromatic heterocycles. The number of nitrogens with zero attached hydrogens (tertiary/aromatic N) is 2. The highest BCUT2D eigenvalue weighted by Gasteiger charge is 2.30. The summed E-state index contributed by atoms with van der Waals surface area (Å²) in [7, 11) is 1.64. The Morgan fingerprint density at radius 3 is 3.22 bits per heavy atom. The molecule has 0 bridgehead atoms. The Labute approximate surface area is 111 Å². The number of halogens is 1. The van der Waals surface area contributed by atoms with Gasteiger partial charge in [-0.2, -0.15) is 0 Å². The molecule has 98 valence electrons. The minimum atomic E-state index is -0.123. The Balaban J connectivity index is 2.22. The van der Waals surface area contributed by atoms with Crippen LogP contribution in [0.5, 0.6) is 0 Å². The number of amides is 1. The quantitative estimate of drug-likeness (QED) is 0.904. The second-order valence-corrected chi connectivity index (χ2v) is 4.77. The monoisotopic (exact) mass is 269 g/mol. The van der Waals surface area contributed by atoms with Gasteiger partial charge in [0.1, 0.15) is 5.82 Å². The van der Waals surface area contributed by atoms with E-state index < -0.39 is 0 Å². The van der Waals surface area contributed by atoms with Crippen molar-refractivity contribution in [1.29, 1.82) is 0 Å². The molecule has 1 aromatic rings. The summed E-state index contributed by atoms with van der Waals surface area (Å²) < 4.78 is 5.13. The van der Waals surface area contributed by atoms with Crippen LogP contribution in [0, 0.1) is 0 Å². The van der Waals surface area contributed by atoms with Crippen molar-refractivity contribution in [2.75, 3.05) is 26.0 Å². The zero-order valence-corrected chi connectivity index (χ0v) is 11.0. The van der Waals surface area contributed by atoms with Crippen LogP contribution in [0.4, 0.5) is 5.82 Å². The normalized spacial score (nSPS) is 19.2. The average molecular weight is 270 g/mol. The Hall–Kier alpha value is -1.33. The molecule has 1 aliphatic rings. The molecule has 1 aliphatic heterocycles. The Kier molecular flexibility index (Phi) is 4.04. The molecule has 2 heterocycles. The number of methoxy groups -OCH3 is 1. The zero-order chi connectivity index (χ0) is 13.1. The van der Waals surface area contributed by atoms with Gasteiger partial charge in [0.05, 0.1) is 23.2 Å². The van der Waals surface area contributed by atoms with Gasteiger partial charge in [-0.1, -0.05) is 11.6 Å². The van der Waals surface area contributed by atoms with Crippen LogP contribution in [0.1, 0.15) is 23.2 Å². The third-order valence-corrected chi connectivity index (χ3v) is 3.32. The third kappa shape index (κ3) is 2.57. The van der Waals surface area contributed by atoms with Crippen LogP contribution in [0.3, 0.4) is 0 Å². The summed E-state index contributed by atoms with van der Waals surface area (Å²) in [5, 5.41) is 0.412. The molecule has 6 heteroatoms. The molecular weight excluding hydrogens is 254 g/mol. The molecule has 0 radical (unpaired) electrons. The number of rotatable bonds is 3. The summed E-state index contributed by atoms with van der Waals surface area (Å²) >= 11 is 5.85. The molecule has 2 rings (SSSR count). The number of hydrogen-bond donors (Lipinski definition) is 1. The lowest BCUT2D eigenvalue weighted by Crippen LogP contribution is -2.38. The van der Waals surface area contributed by atoms with Crippen molar-refractivity contribution in [1.82, 2.24) is 9.88 Å². The number of ether oxygens (including phenoxy) is 1. The summed E-state index contributed by atoms with van der Waals surface area (Å²) in [5.41, 5.74) is 6.10. The van der Waals surface area contributed by atoms with E-state index in [-0.39, 0.29) is 17.8 Å². The topological polar surface area (TPSA) is 68.5 Å². The van der Waals surface area contributed by atoms with E-state index in [2.05, 4.69) is 4.98 Å². The molecule has 18 heavy (non-hydrogen) atoms. The van der Waals surface area contributed by atoms with Crippen LogP contribution >= 0.6 is 11.6 Å². The van der Waals surface area contributed by atoms with Gasteiger partial charge in [0, 0.05) is 19.9 Å². The Bertz CT molecular complexity index is 453. The molecule has 1 amide bonds. The SMILES string of the molecule is COC[C@@H]1CCCN1C(=O)c1cc(Cl)cnc1N. The third-order valence-electron chi connectivity index (χ3n) is 3.11. The van der Waals surface area contributed by atoms with E-state index in [1.807, 2.05) is 0 Å². The molecule has 5 nitrogen and oxygen atoms in total. The van der Waals surface area contributed by atoms with Gasteiger partial charge in [-0.15, -0.1) is 0 Å². The molecule has 0 aliphatic carbocycles. The molecule has 2 N–H and O–H groups in total. The minimum absolute atomic E-state index is 0.112. The highest BCUT2D eigenvalue weighted by atomic mass is 35.5. The van der Waals surface area contributed by atoms with Crippen molar-refractivity contribution in [3.05, 3.63) is 22.8 Å². The first-order valence-electron chi connectivity index (χ1n) is 5.84. The molecule has 1 saturated heterocycles. The second-order valence-electron chi connectivity index (χ2n) is 4.34. The van der Waals surface area contributed by atoms with Crippen LogP contribution in [-0.4, -0.2) is 42.1 Å². The van der Waals surface area contributed by atoms with Gasteiger partial charge in [0.2, 0.25) is 0 Å². The van der Waals surface area contributed by atoms with Gasteiger partial charge in [0.25, 0.3) is 5.91 Å². The average Bonchev–Trinajstić information content (AvgIpc) is 2.80. The molecule has 0 saturated carbocycles. The van der Waals surface area contributed by atoms with Crippen LogP contribution in [0.25, 0.3) is 0 Å². The lowest BCUT2D eigenvalue weighted by molar-refractivity contribution is 0.0631. The predicted molar refractivity (Wildman–Crippen MR) is 69.6 cm³/mol. The molecule has 0 spiro atoms. The van der Waals surface area contributed by atoms with Crippen LogP contribution in [0.15, 0.2) is 12.3 Å².